The Hall–Kier alpha value is -1.17. The molecule has 0 atom stereocenters. The Labute approximate surface area is 115 Å². The number of nitrogens with one attached hydrogen (secondary N) is 2. The van der Waals surface area contributed by atoms with Gasteiger partial charge < -0.3 is 5.32 Å². The fourth-order valence-corrected chi connectivity index (χ4v) is 3.06. The van der Waals surface area contributed by atoms with Crippen LogP contribution >= 0.6 is 0 Å². The highest BCUT2D eigenvalue weighted by atomic mass is 32.2. The average Bonchev–Trinajstić information content (AvgIpc) is 2.46. The molecular formula is C14H20N2O2S. The highest BCUT2D eigenvalue weighted by Gasteiger charge is 2.11. The van der Waals surface area contributed by atoms with Crippen molar-refractivity contribution in [2.75, 3.05) is 25.4 Å². The van der Waals surface area contributed by atoms with Crippen molar-refractivity contribution in [2.24, 2.45) is 0 Å². The lowest BCUT2D eigenvalue weighted by Gasteiger charge is -2.14. The second kappa shape index (κ2) is 6.84. The quantitative estimate of drug-likeness (QED) is 0.766. The summed E-state index contributed by atoms with van der Waals surface area (Å²) in [5, 5.41) is 3.20. The number of aryl methyl sites for hydroxylation is 1. The molecule has 1 heterocycles. The SMILES string of the molecule is O=S(=O)(CCc1ccccc1)NCC1=CCNCC1. The van der Waals surface area contributed by atoms with Crippen LogP contribution in [-0.2, 0) is 16.4 Å². The molecule has 104 valence electrons. The lowest BCUT2D eigenvalue weighted by Crippen LogP contribution is -2.31. The Morgan fingerprint density at radius 3 is 2.68 bits per heavy atom. The fourth-order valence-electron chi connectivity index (χ4n) is 2.00. The second-order valence-electron chi connectivity index (χ2n) is 4.69. The number of hydrogen-bond acceptors (Lipinski definition) is 3. The minimum absolute atomic E-state index is 0.141. The van der Waals surface area contributed by atoms with Crippen LogP contribution in [0.4, 0.5) is 0 Å². The van der Waals surface area contributed by atoms with Gasteiger partial charge in [0.15, 0.2) is 0 Å². The van der Waals surface area contributed by atoms with E-state index in [-0.39, 0.29) is 5.75 Å². The summed E-state index contributed by atoms with van der Waals surface area (Å²) in [6, 6.07) is 9.68. The molecule has 0 saturated carbocycles. The summed E-state index contributed by atoms with van der Waals surface area (Å²) in [4.78, 5) is 0. The Bertz CT molecular complexity index is 524. The first kappa shape index (κ1) is 14.2. The number of sulfonamides is 1. The van der Waals surface area contributed by atoms with Crippen molar-refractivity contribution in [3.05, 3.63) is 47.5 Å². The van der Waals surface area contributed by atoms with E-state index in [0.717, 1.165) is 25.1 Å². The van der Waals surface area contributed by atoms with E-state index < -0.39 is 10.0 Å². The van der Waals surface area contributed by atoms with E-state index in [4.69, 9.17) is 0 Å². The first-order chi connectivity index (χ1) is 9.16. The Kier molecular flexibility index (Phi) is 5.13. The molecule has 1 aromatic rings. The molecule has 1 aromatic carbocycles. The summed E-state index contributed by atoms with van der Waals surface area (Å²) in [5.41, 5.74) is 2.22. The van der Waals surface area contributed by atoms with Crippen molar-refractivity contribution >= 4 is 10.0 Å². The second-order valence-corrected chi connectivity index (χ2v) is 6.62. The highest BCUT2D eigenvalue weighted by molar-refractivity contribution is 7.89. The Morgan fingerprint density at radius 2 is 2.00 bits per heavy atom. The van der Waals surface area contributed by atoms with Gasteiger partial charge in [0.05, 0.1) is 5.75 Å². The van der Waals surface area contributed by atoms with Crippen LogP contribution in [0.3, 0.4) is 0 Å². The summed E-state index contributed by atoms with van der Waals surface area (Å²) < 4.78 is 26.5. The number of benzene rings is 1. The maximum atomic E-state index is 11.9. The molecule has 0 fully saturated rings. The predicted octanol–water partition coefficient (Wildman–Crippen LogP) is 1.07. The first-order valence-corrected chi connectivity index (χ1v) is 8.21. The lowest BCUT2D eigenvalue weighted by molar-refractivity contribution is 0.581. The van der Waals surface area contributed by atoms with Crippen LogP contribution in [0, 0.1) is 0 Å². The molecule has 2 rings (SSSR count). The summed E-state index contributed by atoms with van der Waals surface area (Å²) in [6.45, 7) is 2.21. The van der Waals surface area contributed by atoms with E-state index in [9.17, 15) is 8.42 Å². The summed E-state index contributed by atoms with van der Waals surface area (Å²) in [6.07, 6.45) is 3.53. The van der Waals surface area contributed by atoms with Crippen molar-refractivity contribution < 1.29 is 8.42 Å². The highest BCUT2D eigenvalue weighted by Crippen LogP contribution is 2.05. The van der Waals surface area contributed by atoms with Crippen molar-refractivity contribution in [2.45, 2.75) is 12.8 Å². The molecule has 0 radical (unpaired) electrons. The third kappa shape index (κ3) is 5.14. The fraction of sp³-hybridized carbons (Fsp3) is 0.429. The van der Waals surface area contributed by atoms with Gasteiger partial charge in [-0.2, -0.15) is 0 Å². The Balaban J connectivity index is 1.80. The van der Waals surface area contributed by atoms with Crippen LogP contribution < -0.4 is 10.0 Å². The van der Waals surface area contributed by atoms with Gasteiger partial charge in [0.1, 0.15) is 0 Å². The molecule has 0 spiro atoms. The lowest BCUT2D eigenvalue weighted by atomic mass is 10.1. The molecule has 0 unspecified atom stereocenters. The first-order valence-electron chi connectivity index (χ1n) is 6.56. The standard InChI is InChI=1S/C14H20N2O2S/c17-19(18,11-8-13-4-2-1-3-5-13)16-12-14-6-9-15-10-7-14/h1-6,15-16H,7-12H2. The number of rotatable bonds is 6. The molecule has 19 heavy (non-hydrogen) atoms. The molecule has 1 aliphatic rings. The van der Waals surface area contributed by atoms with Gasteiger partial charge in [-0.3, -0.25) is 0 Å². The van der Waals surface area contributed by atoms with Gasteiger partial charge in [-0.05, 0) is 24.9 Å². The van der Waals surface area contributed by atoms with Gasteiger partial charge >= 0.3 is 0 Å². The minimum atomic E-state index is -3.19. The molecule has 0 aromatic heterocycles. The number of hydrogen-bond donors (Lipinski definition) is 2. The Morgan fingerprint density at radius 1 is 1.21 bits per heavy atom. The van der Waals surface area contributed by atoms with E-state index in [1.807, 2.05) is 30.3 Å². The van der Waals surface area contributed by atoms with Gasteiger partial charge in [-0.25, -0.2) is 13.1 Å². The van der Waals surface area contributed by atoms with Crippen molar-refractivity contribution in [3.8, 4) is 0 Å². The van der Waals surface area contributed by atoms with Crippen molar-refractivity contribution in [1.29, 1.82) is 0 Å². The van der Waals surface area contributed by atoms with Gasteiger partial charge in [0, 0.05) is 13.1 Å². The minimum Gasteiger partial charge on any atom is -0.313 e. The molecule has 0 amide bonds. The van der Waals surface area contributed by atoms with E-state index in [1.165, 1.54) is 5.57 Å². The average molecular weight is 280 g/mol. The summed E-state index contributed by atoms with van der Waals surface area (Å²) in [5.74, 6) is 0.141. The van der Waals surface area contributed by atoms with Crippen molar-refractivity contribution in [3.63, 3.8) is 0 Å². The van der Waals surface area contributed by atoms with Gasteiger partial charge in [-0.1, -0.05) is 42.0 Å². The maximum absolute atomic E-state index is 11.9. The summed E-state index contributed by atoms with van der Waals surface area (Å²) >= 11 is 0. The van der Waals surface area contributed by atoms with Gasteiger partial charge in [0.25, 0.3) is 0 Å². The molecular weight excluding hydrogens is 260 g/mol. The van der Waals surface area contributed by atoms with E-state index in [1.54, 1.807) is 0 Å². The van der Waals surface area contributed by atoms with Gasteiger partial charge in [0.2, 0.25) is 10.0 Å². The molecule has 0 aliphatic carbocycles. The van der Waals surface area contributed by atoms with E-state index >= 15 is 0 Å². The van der Waals surface area contributed by atoms with Crippen LogP contribution in [0.25, 0.3) is 0 Å². The van der Waals surface area contributed by atoms with Crippen LogP contribution in [0.15, 0.2) is 42.0 Å². The van der Waals surface area contributed by atoms with Crippen molar-refractivity contribution in [1.82, 2.24) is 10.0 Å². The van der Waals surface area contributed by atoms with E-state index in [0.29, 0.717) is 13.0 Å². The third-order valence-corrected chi connectivity index (χ3v) is 4.51. The smallest absolute Gasteiger partial charge is 0.212 e. The van der Waals surface area contributed by atoms with Crippen LogP contribution in [-0.4, -0.2) is 33.8 Å². The molecule has 1 aliphatic heterocycles. The predicted molar refractivity (Wildman–Crippen MR) is 77.5 cm³/mol. The van der Waals surface area contributed by atoms with Crippen LogP contribution in [0.2, 0.25) is 0 Å². The normalized spacial score (nSPS) is 16.1. The zero-order valence-electron chi connectivity index (χ0n) is 10.9. The monoisotopic (exact) mass is 280 g/mol. The van der Waals surface area contributed by atoms with Crippen LogP contribution in [0.1, 0.15) is 12.0 Å². The molecule has 0 bridgehead atoms. The molecule has 4 nitrogen and oxygen atoms in total. The van der Waals surface area contributed by atoms with Crippen LogP contribution in [0.5, 0.6) is 0 Å². The largest absolute Gasteiger partial charge is 0.313 e. The zero-order chi connectivity index (χ0) is 13.6. The molecule has 5 heteroatoms. The summed E-state index contributed by atoms with van der Waals surface area (Å²) in [7, 11) is -3.19. The molecule has 0 saturated heterocycles. The maximum Gasteiger partial charge on any atom is 0.212 e. The van der Waals surface area contributed by atoms with Gasteiger partial charge in [-0.15, -0.1) is 0 Å². The van der Waals surface area contributed by atoms with E-state index in [2.05, 4.69) is 16.1 Å². The topological polar surface area (TPSA) is 58.2 Å². The third-order valence-electron chi connectivity index (χ3n) is 3.18. The molecule has 2 N–H and O–H groups in total. The zero-order valence-corrected chi connectivity index (χ0v) is 11.7.